The van der Waals surface area contributed by atoms with Gasteiger partial charge in [0, 0.05) is 19.3 Å². The van der Waals surface area contributed by atoms with Gasteiger partial charge in [0.05, 0.1) is 12.1 Å². The van der Waals surface area contributed by atoms with Crippen LogP contribution < -0.4 is 0 Å². The van der Waals surface area contributed by atoms with Gasteiger partial charge in [-0.15, -0.1) is 6.58 Å². The van der Waals surface area contributed by atoms with E-state index in [0.29, 0.717) is 6.42 Å². The van der Waals surface area contributed by atoms with Crippen molar-refractivity contribution in [1.82, 2.24) is 4.90 Å². The molecule has 2 rings (SSSR count). The van der Waals surface area contributed by atoms with Crippen molar-refractivity contribution in [1.29, 1.82) is 0 Å². The molecule has 1 fully saturated rings. The number of ether oxygens (including phenoxy) is 2. The highest BCUT2D eigenvalue weighted by atomic mass is 16.6. The van der Waals surface area contributed by atoms with E-state index >= 15 is 0 Å². The Hall–Kier alpha value is -1.78. The van der Waals surface area contributed by atoms with Gasteiger partial charge in [-0.2, -0.15) is 0 Å². The van der Waals surface area contributed by atoms with Gasteiger partial charge >= 0.3 is 12.1 Å². The fourth-order valence-corrected chi connectivity index (χ4v) is 3.24. The molecule has 0 spiro atoms. The van der Waals surface area contributed by atoms with Crippen LogP contribution in [0.5, 0.6) is 0 Å². The average Bonchev–Trinajstić information content (AvgIpc) is 2.92. The number of nitrogens with zero attached hydrogens (tertiary/aromatic N) is 1. The molecular formula is C17H25NO4. The van der Waals surface area contributed by atoms with E-state index in [9.17, 15) is 9.59 Å². The molecule has 1 amide bonds. The van der Waals surface area contributed by atoms with E-state index in [2.05, 4.69) is 6.58 Å². The molecule has 2 heterocycles. The first-order valence-corrected chi connectivity index (χ1v) is 7.70. The normalized spacial score (nSPS) is 27.6. The van der Waals surface area contributed by atoms with E-state index in [1.54, 1.807) is 11.0 Å². The van der Waals surface area contributed by atoms with Crippen molar-refractivity contribution in [3.05, 3.63) is 24.8 Å². The molecule has 0 aromatic rings. The van der Waals surface area contributed by atoms with Crippen LogP contribution in [-0.4, -0.2) is 40.8 Å². The van der Waals surface area contributed by atoms with Crippen LogP contribution in [-0.2, 0) is 14.3 Å². The Kier molecular flexibility index (Phi) is 4.63. The summed E-state index contributed by atoms with van der Waals surface area (Å²) in [6, 6.07) is -0.0585. The van der Waals surface area contributed by atoms with Crippen molar-refractivity contribution >= 4 is 12.1 Å². The maximum absolute atomic E-state index is 12.4. The molecule has 0 radical (unpaired) electrons. The average molecular weight is 307 g/mol. The Morgan fingerprint density at radius 1 is 1.41 bits per heavy atom. The van der Waals surface area contributed by atoms with Gasteiger partial charge in [0.15, 0.2) is 0 Å². The maximum Gasteiger partial charge on any atom is 0.411 e. The van der Waals surface area contributed by atoms with Gasteiger partial charge in [-0.3, -0.25) is 9.69 Å². The van der Waals surface area contributed by atoms with Gasteiger partial charge in [0.2, 0.25) is 0 Å². The van der Waals surface area contributed by atoms with E-state index in [4.69, 9.17) is 9.47 Å². The van der Waals surface area contributed by atoms with Gasteiger partial charge in [-0.05, 0) is 27.2 Å². The number of carbonyl (C=O) groups excluding carboxylic acids is 2. The van der Waals surface area contributed by atoms with Crippen molar-refractivity contribution in [2.75, 3.05) is 0 Å². The van der Waals surface area contributed by atoms with Gasteiger partial charge in [0.25, 0.3) is 0 Å². The highest BCUT2D eigenvalue weighted by Gasteiger charge is 2.49. The SMILES string of the molecule is C=CC[C@H](OC(C)=O)[C@@H]1C[C@@H]2C=C[C@H]1N2C(=O)OC(C)(C)C. The highest BCUT2D eigenvalue weighted by Crippen LogP contribution is 2.41. The van der Waals surface area contributed by atoms with Crippen LogP contribution >= 0.6 is 0 Å². The first kappa shape index (κ1) is 16.6. The predicted octanol–water partition coefficient (Wildman–Crippen LogP) is 3.06. The number of esters is 1. The molecule has 2 aliphatic rings. The lowest BCUT2D eigenvalue weighted by atomic mass is 9.87. The fraction of sp³-hybridized carbons (Fsp3) is 0.647. The third-order valence-electron chi connectivity index (χ3n) is 3.96. The van der Waals surface area contributed by atoms with Gasteiger partial charge in [-0.25, -0.2) is 4.79 Å². The largest absolute Gasteiger partial charge is 0.462 e. The van der Waals surface area contributed by atoms with Crippen LogP contribution in [0, 0.1) is 5.92 Å². The second kappa shape index (κ2) is 6.15. The second-order valence-electron chi connectivity index (χ2n) is 6.90. The molecule has 0 unspecified atom stereocenters. The number of carbonyl (C=O) groups is 2. The number of fused-ring (bicyclic) bond motifs is 2. The molecule has 2 aliphatic heterocycles. The Bertz CT molecular complexity index is 491. The fourth-order valence-electron chi connectivity index (χ4n) is 3.24. The Morgan fingerprint density at radius 3 is 2.64 bits per heavy atom. The lowest BCUT2D eigenvalue weighted by Gasteiger charge is -2.30. The van der Waals surface area contributed by atoms with Crippen molar-refractivity contribution < 1.29 is 19.1 Å². The highest BCUT2D eigenvalue weighted by molar-refractivity contribution is 5.71. The number of hydrogen-bond donors (Lipinski definition) is 0. The van der Waals surface area contributed by atoms with Gasteiger partial charge in [0.1, 0.15) is 11.7 Å². The molecule has 122 valence electrons. The standard InChI is InChI=1S/C17H25NO4/c1-6-7-15(21-11(2)19)13-10-12-8-9-14(13)18(12)16(20)22-17(3,4)5/h6,8-9,12-15H,1,7,10H2,2-5H3/t12-,13+,14+,15-/m0/s1. The summed E-state index contributed by atoms with van der Waals surface area (Å²) in [5.41, 5.74) is -0.523. The molecule has 5 heteroatoms. The first-order chi connectivity index (χ1) is 10.2. The van der Waals surface area contributed by atoms with E-state index in [1.807, 2.05) is 32.9 Å². The molecule has 0 aromatic heterocycles. The van der Waals surface area contributed by atoms with Crippen LogP contribution in [0.3, 0.4) is 0 Å². The molecule has 4 atom stereocenters. The molecule has 5 nitrogen and oxygen atoms in total. The van der Waals surface area contributed by atoms with E-state index in [0.717, 1.165) is 6.42 Å². The quantitative estimate of drug-likeness (QED) is 0.591. The molecular weight excluding hydrogens is 282 g/mol. The molecule has 0 N–H and O–H groups in total. The monoisotopic (exact) mass is 307 g/mol. The number of amides is 1. The minimum atomic E-state index is -0.523. The smallest absolute Gasteiger partial charge is 0.411 e. The van der Waals surface area contributed by atoms with Crippen LogP contribution in [0.15, 0.2) is 24.8 Å². The zero-order valence-electron chi connectivity index (χ0n) is 13.7. The minimum absolute atomic E-state index is 0.0210. The summed E-state index contributed by atoms with van der Waals surface area (Å²) >= 11 is 0. The Balaban J connectivity index is 2.11. The Morgan fingerprint density at radius 2 is 2.09 bits per heavy atom. The maximum atomic E-state index is 12.4. The van der Waals surface area contributed by atoms with Crippen molar-refractivity contribution in [2.45, 2.75) is 64.3 Å². The summed E-state index contributed by atoms with van der Waals surface area (Å²) < 4.78 is 10.9. The summed E-state index contributed by atoms with van der Waals surface area (Å²) in [6.07, 6.45) is 6.61. The second-order valence-corrected chi connectivity index (χ2v) is 6.90. The number of hydrogen-bond acceptors (Lipinski definition) is 4. The molecule has 2 bridgehead atoms. The van der Waals surface area contributed by atoms with E-state index in [1.165, 1.54) is 6.92 Å². The summed E-state index contributed by atoms with van der Waals surface area (Å²) in [5, 5.41) is 0. The van der Waals surface area contributed by atoms with E-state index < -0.39 is 5.60 Å². The van der Waals surface area contributed by atoms with Crippen LogP contribution in [0.4, 0.5) is 4.79 Å². The van der Waals surface area contributed by atoms with Gasteiger partial charge in [-0.1, -0.05) is 18.2 Å². The van der Waals surface area contributed by atoms with Crippen molar-refractivity contribution in [3.8, 4) is 0 Å². The summed E-state index contributed by atoms with van der Waals surface area (Å²) in [5.74, 6) is -0.216. The van der Waals surface area contributed by atoms with Crippen LogP contribution in [0.25, 0.3) is 0 Å². The van der Waals surface area contributed by atoms with Gasteiger partial charge < -0.3 is 9.47 Å². The molecule has 0 aromatic carbocycles. The predicted molar refractivity (Wildman–Crippen MR) is 83.3 cm³/mol. The number of rotatable bonds is 4. The summed E-state index contributed by atoms with van der Waals surface area (Å²) in [4.78, 5) is 25.5. The summed E-state index contributed by atoms with van der Waals surface area (Å²) in [7, 11) is 0. The zero-order chi connectivity index (χ0) is 16.5. The van der Waals surface area contributed by atoms with E-state index in [-0.39, 0.29) is 36.2 Å². The van der Waals surface area contributed by atoms with Crippen molar-refractivity contribution in [2.24, 2.45) is 5.92 Å². The molecule has 1 saturated heterocycles. The van der Waals surface area contributed by atoms with Crippen LogP contribution in [0.2, 0.25) is 0 Å². The first-order valence-electron chi connectivity index (χ1n) is 7.70. The third kappa shape index (κ3) is 3.51. The Labute approximate surface area is 131 Å². The molecule has 0 aliphatic carbocycles. The molecule has 0 saturated carbocycles. The molecule has 22 heavy (non-hydrogen) atoms. The lowest BCUT2D eigenvalue weighted by molar-refractivity contribution is -0.149. The minimum Gasteiger partial charge on any atom is -0.462 e. The lowest BCUT2D eigenvalue weighted by Crippen LogP contribution is -2.42. The topological polar surface area (TPSA) is 55.8 Å². The summed E-state index contributed by atoms with van der Waals surface area (Å²) in [6.45, 7) is 10.7. The third-order valence-corrected chi connectivity index (χ3v) is 3.96. The zero-order valence-corrected chi connectivity index (χ0v) is 13.7. The van der Waals surface area contributed by atoms with Crippen molar-refractivity contribution in [3.63, 3.8) is 0 Å². The van der Waals surface area contributed by atoms with Crippen LogP contribution in [0.1, 0.15) is 40.5 Å².